The van der Waals surface area contributed by atoms with Gasteiger partial charge in [0.1, 0.15) is 5.84 Å². The Hall–Kier alpha value is -3.48. The number of benzene rings is 1. The zero-order valence-corrected chi connectivity index (χ0v) is 19.2. The van der Waals surface area contributed by atoms with E-state index in [0.717, 1.165) is 61.0 Å². The molecule has 2 unspecified atom stereocenters. The zero-order valence-electron chi connectivity index (χ0n) is 19.2. The van der Waals surface area contributed by atoms with E-state index in [1.165, 1.54) is 5.57 Å². The smallest absolute Gasteiger partial charge is 0.305 e. The van der Waals surface area contributed by atoms with Crippen LogP contribution >= 0.6 is 0 Å². The SMILES string of the molecule is O=C(O)CC(c1cnc2ccccc2c1)N1CCC(CCC[C@H]2C=CC3=CCCN=C3N2)C1=O. The van der Waals surface area contributed by atoms with Crippen LogP contribution in [0.25, 0.3) is 10.9 Å². The number of carboxylic acids is 1. The van der Waals surface area contributed by atoms with Crippen molar-refractivity contribution >= 4 is 28.6 Å². The Morgan fingerprint density at radius 1 is 1.26 bits per heavy atom. The summed E-state index contributed by atoms with van der Waals surface area (Å²) in [7, 11) is 0. The molecule has 5 rings (SSSR count). The monoisotopic (exact) mass is 458 g/mol. The number of fused-ring (bicyclic) bond motifs is 2. The number of dihydropyridines is 1. The molecule has 1 amide bonds. The number of amidine groups is 1. The minimum Gasteiger partial charge on any atom is -0.481 e. The second-order valence-corrected chi connectivity index (χ2v) is 9.31. The Balaban J connectivity index is 1.22. The highest BCUT2D eigenvalue weighted by atomic mass is 16.4. The van der Waals surface area contributed by atoms with Gasteiger partial charge in [0.05, 0.1) is 18.0 Å². The van der Waals surface area contributed by atoms with Crippen LogP contribution in [0.2, 0.25) is 0 Å². The number of nitrogens with zero attached hydrogens (tertiary/aromatic N) is 3. The Morgan fingerprint density at radius 3 is 3.03 bits per heavy atom. The fourth-order valence-electron chi connectivity index (χ4n) is 5.24. The van der Waals surface area contributed by atoms with Gasteiger partial charge in [-0.05, 0) is 43.4 Å². The molecule has 1 aromatic carbocycles. The van der Waals surface area contributed by atoms with E-state index in [1.807, 2.05) is 30.3 Å². The van der Waals surface area contributed by atoms with E-state index < -0.39 is 12.0 Å². The summed E-state index contributed by atoms with van der Waals surface area (Å²) in [5.41, 5.74) is 2.82. The van der Waals surface area contributed by atoms with Crippen molar-refractivity contribution in [3.05, 3.63) is 65.9 Å². The number of rotatable bonds is 8. The predicted molar refractivity (Wildman–Crippen MR) is 131 cm³/mol. The largest absolute Gasteiger partial charge is 0.481 e. The van der Waals surface area contributed by atoms with Gasteiger partial charge in [-0.15, -0.1) is 0 Å². The highest BCUT2D eigenvalue weighted by Crippen LogP contribution is 2.34. The molecule has 0 spiro atoms. The lowest BCUT2D eigenvalue weighted by molar-refractivity contribution is -0.140. The molecule has 2 N–H and O–H groups in total. The molecule has 0 bridgehead atoms. The molecule has 34 heavy (non-hydrogen) atoms. The summed E-state index contributed by atoms with van der Waals surface area (Å²) < 4.78 is 0. The van der Waals surface area contributed by atoms with Crippen LogP contribution in [0.1, 0.15) is 50.1 Å². The molecule has 1 fully saturated rings. The molecule has 3 aliphatic heterocycles. The Kier molecular flexibility index (Phi) is 6.43. The first-order valence-corrected chi connectivity index (χ1v) is 12.1. The van der Waals surface area contributed by atoms with Crippen molar-refractivity contribution < 1.29 is 14.7 Å². The van der Waals surface area contributed by atoms with E-state index in [9.17, 15) is 14.7 Å². The van der Waals surface area contributed by atoms with Crippen LogP contribution in [0.3, 0.4) is 0 Å². The number of hydrogen-bond acceptors (Lipinski definition) is 5. The van der Waals surface area contributed by atoms with E-state index in [1.54, 1.807) is 11.1 Å². The Labute approximate surface area is 199 Å². The molecule has 1 aromatic heterocycles. The van der Waals surface area contributed by atoms with Crippen LogP contribution in [0.5, 0.6) is 0 Å². The fraction of sp³-hybridized carbons (Fsp3) is 0.407. The second kappa shape index (κ2) is 9.79. The van der Waals surface area contributed by atoms with Gasteiger partial charge in [0.2, 0.25) is 5.91 Å². The molecular weight excluding hydrogens is 428 g/mol. The van der Waals surface area contributed by atoms with Gasteiger partial charge in [-0.25, -0.2) is 0 Å². The third-order valence-corrected chi connectivity index (χ3v) is 7.03. The van der Waals surface area contributed by atoms with Crippen LogP contribution in [0, 0.1) is 5.92 Å². The van der Waals surface area contributed by atoms with Gasteiger partial charge in [-0.1, -0.05) is 42.8 Å². The number of nitrogens with one attached hydrogen (secondary N) is 1. The molecule has 7 nitrogen and oxygen atoms in total. The van der Waals surface area contributed by atoms with Crippen LogP contribution in [0.15, 0.2) is 65.3 Å². The van der Waals surface area contributed by atoms with Crippen molar-refractivity contribution in [1.82, 2.24) is 15.2 Å². The fourth-order valence-corrected chi connectivity index (χ4v) is 5.24. The van der Waals surface area contributed by atoms with E-state index in [2.05, 4.69) is 33.5 Å². The van der Waals surface area contributed by atoms with Crippen molar-refractivity contribution in [3.63, 3.8) is 0 Å². The number of para-hydroxylation sites is 1. The lowest BCUT2D eigenvalue weighted by atomic mass is 9.96. The number of amides is 1. The number of aliphatic imine (C=N–C) groups is 1. The topological polar surface area (TPSA) is 94.9 Å². The first kappa shape index (κ1) is 22.3. The molecule has 1 saturated heterocycles. The van der Waals surface area contributed by atoms with Gasteiger partial charge < -0.3 is 15.3 Å². The average molecular weight is 459 g/mol. The van der Waals surface area contributed by atoms with Gasteiger partial charge in [0.15, 0.2) is 0 Å². The molecule has 0 aliphatic carbocycles. The van der Waals surface area contributed by atoms with E-state index >= 15 is 0 Å². The first-order valence-electron chi connectivity index (χ1n) is 12.1. The molecule has 3 aliphatic rings. The van der Waals surface area contributed by atoms with E-state index in [4.69, 9.17) is 0 Å². The van der Waals surface area contributed by atoms with Crippen LogP contribution in [0.4, 0.5) is 0 Å². The number of aromatic nitrogens is 1. The summed E-state index contributed by atoms with van der Waals surface area (Å²) in [4.78, 5) is 35.8. The van der Waals surface area contributed by atoms with Gasteiger partial charge in [0.25, 0.3) is 0 Å². The first-order chi connectivity index (χ1) is 16.6. The quantitative estimate of drug-likeness (QED) is 0.623. The summed E-state index contributed by atoms with van der Waals surface area (Å²) in [6.45, 7) is 1.42. The lowest BCUT2D eigenvalue weighted by Gasteiger charge is -2.28. The van der Waals surface area contributed by atoms with E-state index in [-0.39, 0.29) is 24.3 Å². The average Bonchev–Trinajstić information content (AvgIpc) is 3.22. The molecular formula is C27H30N4O3. The maximum atomic E-state index is 13.3. The van der Waals surface area contributed by atoms with Crippen LogP contribution < -0.4 is 5.32 Å². The van der Waals surface area contributed by atoms with Crippen molar-refractivity contribution in [2.45, 2.75) is 50.6 Å². The van der Waals surface area contributed by atoms with Gasteiger partial charge in [-0.2, -0.15) is 0 Å². The van der Waals surface area contributed by atoms with Crippen molar-refractivity contribution in [1.29, 1.82) is 0 Å². The normalized spacial score (nSPS) is 22.7. The lowest BCUT2D eigenvalue weighted by Crippen LogP contribution is -2.38. The van der Waals surface area contributed by atoms with Crippen molar-refractivity contribution in [3.8, 4) is 0 Å². The number of carboxylic acid groups (broad SMARTS) is 1. The molecule has 0 saturated carbocycles. The molecule has 4 heterocycles. The minimum absolute atomic E-state index is 0.0558. The van der Waals surface area contributed by atoms with Crippen LogP contribution in [-0.4, -0.2) is 51.8 Å². The molecule has 176 valence electrons. The second-order valence-electron chi connectivity index (χ2n) is 9.31. The number of carbonyl (C=O) groups is 2. The Bertz CT molecular complexity index is 1190. The number of aliphatic carboxylic acids is 1. The number of likely N-dealkylation sites (tertiary alicyclic amines) is 1. The maximum Gasteiger partial charge on any atom is 0.305 e. The third kappa shape index (κ3) is 4.74. The molecule has 7 heteroatoms. The highest BCUT2D eigenvalue weighted by molar-refractivity contribution is 6.02. The van der Waals surface area contributed by atoms with Gasteiger partial charge >= 0.3 is 5.97 Å². The summed E-state index contributed by atoms with van der Waals surface area (Å²) in [6, 6.07) is 9.46. The van der Waals surface area contributed by atoms with Crippen molar-refractivity contribution in [2.24, 2.45) is 10.9 Å². The standard InChI is InChI=1S/C27H30N4O3/c32-25(33)16-24(21-15-20-5-1-2-9-23(20)29-17-21)31-14-12-19(27(31)34)6-3-8-22-11-10-18-7-4-13-28-26(18)30-22/h1-2,5,7,9-11,15,17,19,22,24H,3-4,6,8,12-14,16H2,(H,28,30)(H,32,33)/t19?,22-,24?/m0/s1. The van der Waals surface area contributed by atoms with Gasteiger partial charge in [-0.3, -0.25) is 19.6 Å². The van der Waals surface area contributed by atoms with Gasteiger partial charge in [0, 0.05) is 42.2 Å². The molecule has 0 radical (unpaired) electrons. The molecule has 3 atom stereocenters. The minimum atomic E-state index is -0.913. The maximum absolute atomic E-state index is 13.3. The summed E-state index contributed by atoms with van der Waals surface area (Å²) in [5, 5.41) is 14.0. The predicted octanol–water partition coefficient (Wildman–Crippen LogP) is 4.03. The number of carbonyl (C=O) groups excluding carboxylic acids is 1. The summed E-state index contributed by atoms with van der Waals surface area (Å²) in [6.07, 6.45) is 12.6. The number of pyridine rings is 1. The van der Waals surface area contributed by atoms with E-state index in [0.29, 0.717) is 6.54 Å². The summed E-state index contributed by atoms with van der Waals surface area (Å²) in [5.74, 6) is 0.0826. The highest BCUT2D eigenvalue weighted by Gasteiger charge is 2.37. The summed E-state index contributed by atoms with van der Waals surface area (Å²) >= 11 is 0. The van der Waals surface area contributed by atoms with Crippen molar-refractivity contribution in [2.75, 3.05) is 13.1 Å². The van der Waals surface area contributed by atoms with Crippen LogP contribution in [-0.2, 0) is 9.59 Å². The zero-order chi connectivity index (χ0) is 23.5. The molecule has 2 aromatic rings. The number of hydrogen-bond donors (Lipinski definition) is 2. The third-order valence-electron chi connectivity index (χ3n) is 7.03. The Morgan fingerprint density at radius 2 is 2.15 bits per heavy atom.